The van der Waals surface area contributed by atoms with Gasteiger partial charge < -0.3 is 10.6 Å². The number of pyridine rings is 1. The summed E-state index contributed by atoms with van der Waals surface area (Å²) in [7, 11) is -2.87. The Hall–Kier alpha value is -1.30. The Kier molecular flexibility index (Phi) is 3.24. The fraction of sp³-hybridized carbons (Fsp3) is 0.545. The maximum Gasteiger partial charge on any atom is 0.152 e. The van der Waals surface area contributed by atoms with E-state index in [0.29, 0.717) is 18.7 Å². The summed E-state index contributed by atoms with van der Waals surface area (Å²) in [5.74, 6) is 1.30. The lowest BCUT2D eigenvalue weighted by Crippen LogP contribution is -2.27. The second-order valence-corrected chi connectivity index (χ2v) is 6.64. The second-order valence-electron chi connectivity index (χ2n) is 4.34. The minimum atomic E-state index is -2.87. The van der Waals surface area contributed by atoms with Gasteiger partial charge in [0.2, 0.25) is 0 Å². The van der Waals surface area contributed by atoms with E-state index in [1.807, 2.05) is 24.0 Å². The van der Waals surface area contributed by atoms with Crippen LogP contribution >= 0.6 is 0 Å². The Balaban J connectivity index is 2.20. The highest BCUT2D eigenvalue weighted by atomic mass is 32.2. The summed E-state index contributed by atoms with van der Waals surface area (Å²) in [6.45, 7) is 3.10. The van der Waals surface area contributed by atoms with Crippen molar-refractivity contribution in [2.75, 3.05) is 35.2 Å². The van der Waals surface area contributed by atoms with E-state index in [-0.39, 0.29) is 11.5 Å². The van der Waals surface area contributed by atoms with E-state index in [0.717, 1.165) is 18.1 Å². The van der Waals surface area contributed by atoms with Crippen LogP contribution < -0.4 is 10.6 Å². The fourth-order valence-corrected chi connectivity index (χ4v) is 3.17. The first-order valence-electron chi connectivity index (χ1n) is 5.66. The van der Waals surface area contributed by atoms with Crippen molar-refractivity contribution >= 4 is 21.3 Å². The van der Waals surface area contributed by atoms with Crippen LogP contribution in [0.5, 0.6) is 0 Å². The largest absolute Gasteiger partial charge is 0.397 e. The molecule has 1 aliphatic rings. The molecule has 0 spiro atoms. The van der Waals surface area contributed by atoms with Gasteiger partial charge >= 0.3 is 0 Å². The van der Waals surface area contributed by atoms with E-state index in [4.69, 9.17) is 5.73 Å². The summed E-state index contributed by atoms with van der Waals surface area (Å²) in [6.07, 6.45) is 0.660. The van der Waals surface area contributed by atoms with Gasteiger partial charge in [-0.15, -0.1) is 0 Å². The average molecular weight is 255 g/mol. The summed E-state index contributed by atoms with van der Waals surface area (Å²) < 4.78 is 23.0. The van der Waals surface area contributed by atoms with Crippen LogP contribution in [0.3, 0.4) is 0 Å². The van der Waals surface area contributed by atoms with Crippen molar-refractivity contribution in [1.29, 1.82) is 0 Å². The van der Waals surface area contributed by atoms with Gasteiger partial charge in [-0.1, -0.05) is 0 Å². The number of rotatable bonds is 1. The van der Waals surface area contributed by atoms with Gasteiger partial charge in [0.1, 0.15) is 5.82 Å². The van der Waals surface area contributed by atoms with Crippen LogP contribution in [-0.2, 0) is 9.84 Å². The average Bonchev–Trinajstić information content (AvgIpc) is 2.44. The summed E-state index contributed by atoms with van der Waals surface area (Å²) in [6, 6.07) is 3.66. The highest BCUT2D eigenvalue weighted by Crippen LogP contribution is 2.18. The zero-order chi connectivity index (χ0) is 12.5. The topological polar surface area (TPSA) is 76.3 Å². The minimum absolute atomic E-state index is 0.206. The van der Waals surface area contributed by atoms with Gasteiger partial charge in [0.05, 0.1) is 22.9 Å². The number of aryl methyl sites for hydroxylation is 1. The van der Waals surface area contributed by atoms with Gasteiger partial charge in [-0.25, -0.2) is 13.4 Å². The zero-order valence-electron chi connectivity index (χ0n) is 9.89. The van der Waals surface area contributed by atoms with Gasteiger partial charge in [0.25, 0.3) is 0 Å². The van der Waals surface area contributed by atoms with E-state index < -0.39 is 9.84 Å². The maximum atomic E-state index is 11.5. The second kappa shape index (κ2) is 4.52. The van der Waals surface area contributed by atoms with Crippen molar-refractivity contribution < 1.29 is 8.42 Å². The van der Waals surface area contributed by atoms with Crippen molar-refractivity contribution in [3.63, 3.8) is 0 Å². The quantitative estimate of drug-likeness (QED) is 0.795. The van der Waals surface area contributed by atoms with Gasteiger partial charge in [0.15, 0.2) is 9.84 Å². The highest BCUT2D eigenvalue weighted by molar-refractivity contribution is 7.91. The van der Waals surface area contributed by atoms with E-state index in [1.54, 1.807) is 0 Å². The summed E-state index contributed by atoms with van der Waals surface area (Å²) >= 11 is 0. The van der Waals surface area contributed by atoms with Crippen molar-refractivity contribution in [3.05, 3.63) is 17.8 Å². The molecule has 2 rings (SSSR count). The first-order chi connectivity index (χ1) is 7.98. The molecule has 0 atom stereocenters. The molecule has 1 fully saturated rings. The number of hydrogen-bond acceptors (Lipinski definition) is 5. The third-order valence-corrected chi connectivity index (χ3v) is 4.71. The maximum absolute atomic E-state index is 11.5. The molecule has 1 aromatic heterocycles. The third kappa shape index (κ3) is 2.88. The number of anilines is 2. The fourth-order valence-electron chi connectivity index (χ4n) is 1.90. The van der Waals surface area contributed by atoms with Gasteiger partial charge in [0, 0.05) is 13.1 Å². The lowest BCUT2D eigenvalue weighted by atomic mass is 10.3. The number of sulfone groups is 1. The van der Waals surface area contributed by atoms with Crippen molar-refractivity contribution in [1.82, 2.24) is 4.98 Å². The Labute approximate surface area is 102 Å². The molecule has 0 aromatic carbocycles. The summed E-state index contributed by atoms with van der Waals surface area (Å²) in [5.41, 5.74) is 7.17. The number of aromatic nitrogens is 1. The molecule has 0 radical (unpaired) electrons. The molecule has 2 heterocycles. The van der Waals surface area contributed by atoms with Gasteiger partial charge in [-0.3, -0.25) is 0 Å². The zero-order valence-corrected chi connectivity index (χ0v) is 10.7. The molecule has 1 aromatic rings. The van der Waals surface area contributed by atoms with Crippen LogP contribution in [0.25, 0.3) is 0 Å². The molecule has 1 saturated heterocycles. The van der Waals surface area contributed by atoms with Crippen LogP contribution in [0.4, 0.5) is 11.5 Å². The van der Waals surface area contributed by atoms with Crippen molar-refractivity contribution in [2.24, 2.45) is 0 Å². The molecule has 17 heavy (non-hydrogen) atoms. The van der Waals surface area contributed by atoms with Gasteiger partial charge in [-0.05, 0) is 25.5 Å². The van der Waals surface area contributed by atoms with Crippen molar-refractivity contribution in [3.8, 4) is 0 Å². The van der Waals surface area contributed by atoms with E-state index in [9.17, 15) is 8.42 Å². The molecular formula is C11H17N3O2S. The first kappa shape index (κ1) is 12.2. The number of nitrogen functional groups attached to an aromatic ring is 1. The number of nitrogens with zero attached hydrogens (tertiary/aromatic N) is 2. The minimum Gasteiger partial charge on any atom is -0.397 e. The molecule has 2 N–H and O–H groups in total. The lowest BCUT2D eigenvalue weighted by molar-refractivity contribution is 0.597. The molecule has 0 saturated carbocycles. The predicted octanol–water partition coefficient (Wildman–Crippen LogP) is 0.597. The van der Waals surface area contributed by atoms with Gasteiger partial charge in [-0.2, -0.15) is 0 Å². The molecule has 0 aliphatic carbocycles. The highest BCUT2D eigenvalue weighted by Gasteiger charge is 2.20. The van der Waals surface area contributed by atoms with E-state index in [1.165, 1.54) is 0 Å². The van der Waals surface area contributed by atoms with Crippen LogP contribution in [0.15, 0.2) is 12.1 Å². The Bertz CT molecular complexity index is 513. The molecule has 5 nitrogen and oxygen atoms in total. The number of nitrogens with two attached hydrogens (primary N) is 1. The van der Waals surface area contributed by atoms with Crippen LogP contribution in [0, 0.1) is 6.92 Å². The molecule has 0 unspecified atom stereocenters. The molecule has 6 heteroatoms. The van der Waals surface area contributed by atoms with Crippen molar-refractivity contribution in [2.45, 2.75) is 13.3 Å². The first-order valence-corrected chi connectivity index (χ1v) is 7.48. The van der Waals surface area contributed by atoms with E-state index in [2.05, 4.69) is 4.98 Å². The molecule has 94 valence electrons. The normalized spacial score (nSPS) is 19.9. The monoisotopic (exact) mass is 255 g/mol. The lowest BCUT2D eigenvalue weighted by Gasteiger charge is -2.21. The Morgan fingerprint density at radius 1 is 1.29 bits per heavy atom. The molecule has 0 amide bonds. The Morgan fingerprint density at radius 2 is 2.06 bits per heavy atom. The molecule has 1 aliphatic heterocycles. The smallest absolute Gasteiger partial charge is 0.152 e. The standard InChI is InChI=1S/C11H17N3O2S/c1-9-10(12)3-4-11(13-9)14-5-2-7-17(15,16)8-6-14/h3-4H,2,5-8,12H2,1H3. The van der Waals surface area contributed by atoms with E-state index >= 15 is 0 Å². The summed E-state index contributed by atoms with van der Waals surface area (Å²) in [5, 5.41) is 0. The third-order valence-electron chi connectivity index (χ3n) is 2.99. The van der Waals surface area contributed by atoms with Crippen LogP contribution in [0.2, 0.25) is 0 Å². The summed E-state index contributed by atoms with van der Waals surface area (Å²) in [4.78, 5) is 6.40. The number of hydrogen-bond donors (Lipinski definition) is 1. The van der Waals surface area contributed by atoms with Crippen LogP contribution in [-0.4, -0.2) is 38.0 Å². The Morgan fingerprint density at radius 3 is 2.76 bits per heavy atom. The molecule has 0 bridgehead atoms. The predicted molar refractivity (Wildman–Crippen MR) is 68.9 cm³/mol. The SMILES string of the molecule is Cc1nc(N2CCCS(=O)(=O)CC2)ccc1N. The molecular weight excluding hydrogens is 238 g/mol. The van der Waals surface area contributed by atoms with Crippen LogP contribution in [0.1, 0.15) is 12.1 Å².